The molecule has 0 aliphatic rings. The molecule has 0 fully saturated rings. The molecular formula is C10H10O2. The van der Waals surface area contributed by atoms with Gasteiger partial charge in [-0.05, 0) is 13.0 Å². The molecule has 0 saturated carbocycles. The summed E-state index contributed by atoms with van der Waals surface area (Å²) in [6, 6.07) is 5.91. The first-order chi connectivity index (χ1) is 5.92. The summed E-state index contributed by atoms with van der Waals surface area (Å²) < 4.78 is 10.5. The Balaban J connectivity index is 2.57. The Bertz CT molecular complexity index is 376. The highest BCUT2D eigenvalue weighted by molar-refractivity contribution is 5.86. The highest BCUT2D eigenvalue weighted by atomic mass is 16.5. The highest BCUT2D eigenvalue weighted by Gasteiger charge is 2.01. The van der Waals surface area contributed by atoms with Crippen LogP contribution in [0.15, 0.2) is 35.1 Å². The maximum Gasteiger partial charge on any atom is 0.130 e. The van der Waals surface area contributed by atoms with Crippen LogP contribution in [0.25, 0.3) is 10.8 Å². The summed E-state index contributed by atoms with van der Waals surface area (Å²) in [7, 11) is 0. The topological polar surface area (TPSA) is 22.4 Å². The fourth-order valence-electron chi connectivity index (χ4n) is 1.25. The van der Waals surface area contributed by atoms with Crippen LogP contribution in [-0.4, -0.2) is 6.61 Å². The molecule has 0 atom stereocenters. The smallest absolute Gasteiger partial charge is 0.130 e. The maximum atomic E-state index is 5.42. The third kappa shape index (κ3) is 1.05. The lowest BCUT2D eigenvalue weighted by molar-refractivity contribution is 0.344. The average Bonchev–Trinajstić information content (AvgIpc) is 2.53. The summed E-state index contributed by atoms with van der Waals surface area (Å²) in [6.07, 6.45) is 3.43. The van der Waals surface area contributed by atoms with E-state index in [-0.39, 0.29) is 0 Å². The molecule has 2 nitrogen and oxygen atoms in total. The Morgan fingerprint density at radius 1 is 1.33 bits per heavy atom. The van der Waals surface area contributed by atoms with Gasteiger partial charge in [0.05, 0.1) is 18.3 Å². The van der Waals surface area contributed by atoms with Crippen LogP contribution in [0.2, 0.25) is 0 Å². The van der Waals surface area contributed by atoms with Crippen LogP contribution < -0.4 is 4.74 Å². The van der Waals surface area contributed by atoms with Gasteiger partial charge in [0.25, 0.3) is 0 Å². The maximum absolute atomic E-state index is 5.42. The summed E-state index contributed by atoms with van der Waals surface area (Å²) in [5.74, 6) is 0.892. The molecule has 1 aromatic heterocycles. The first kappa shape index (κ1) is 7.22. The molecule has 0 aliphatic heterocycles. The Labute approximate surface area is 70.8 Å². The fourth-order valence-corrected chi connectivity index (χ4v) is 1.25. The zero-order chi connectivity index (χ0) is 8.39. The Hall–Kier alpha value is -1.44. The third-order valence-electron chi connectivity index (χ3n) is 1.78. The normalized spacial score (nSPS) is 10.4. The van der Waals surface area contributed by atoms with E-state index in [1.165, 1.54) is 0 Å². The standard InChI is InChI=1S/C10H10O2/c1-2-12-10-5-3-4-8-6-11-7-9(8)10/h3-7H,2H2,1H3. The van der Waals surface area contributed by atoms with E-state index in [0.717, 1.165) is 16.5 Å². The monoisotopic (exact) mass is 162 g/mol. The summed E-state index contributed by atoms with van der Waals surface area (Å²) in [6.45, 7) is 2.66. The molecule has 12 heavy (non-hydrogen) atoms. The van der Waals surface area contributed by atoms with Crippen molar-refractivity contribution in [3.05, 3.63) is 30.7 Å². The van der Waals surface area contributed by atoms with Gasteiger partial charge in [0.1, 0.15) is 12.0 Å². The molecular weight excluding hydrogens is 152 g/mol. The van der Waals surface area contributed by atoms with E-state index >= 15 is 0 Å². The molecule has 2 aromatic rings. The molecule has 62 valence electrons. The number of hydrogen-bond donors (Lipinski definition) is 0. The van der Waals surface area contributed by atoms with Gasteiger partial charge in [0.15, 0.2) is 0 Å². The number of fused-ring (bicyclic) bond motifs is 1. The first-order valence-electron chi connectivity index (χ1n) is 3.99. The van der Waals surface area contributed by atoms with Crippen molar-refractivity contribution in [3.8, 4) is 5.75 Å². The second-order valence-corrected chi connectivity index (χ2v) is 2.56. The Morgan fingerprint density at radius 3 is 3.08 bits per heavy atom. The first-order valence-corrected chi connectivity index (χ1v) is 3.99. The van der Waals surface area contributed by atoms with Crippen molar-refractivity contribution < 1.29 is 9.15 Å². The molecule has 0 radical (unpaired) electrons. The predicted octanol–water partition coefficient (Wildman–Crippen LogP) is 2.83. The van der Waals surface area contributed by atoms with Gasteiger partial charge in [-0.1, -0.05) is 12.1 Å². The highest BCUT2D eigenvalue weighted by Crippen LogP contribution is 2.25. The van der Waals surface area contributed by atoms with Crippen LogP contribution in [-0.2, 0) is 0 Å². The van der Waals surface area contributed by atoms with Crippen LogP contribution in [0.1, 0.15) is 6.92 Å². The van der Waals surface area contributed by atoms with Gasteiger partial charge >= 0.3 is 0 Å². The molecule has 2 rings (SSSR count). The minimum Gasteiger partial charge on any atom is -0.493 e. The van der Waals surface area contributed by atoms with Crippen molar-refractivity contribution in [2.45, 2.75) is 6.92 Å². The van der Waals surface area contributed by atoms with Gasteiger partial charge in [-0.3, -0.25) is 0 Å². The zero-order valence-corrected chi connectivity index (χ0v) is 6.91. The van der Waals surface area contributed by atoms with Gasteiger partial charge in [-0.2, -0.15) is 0 Å². The summed E-state index contributed by atoms with van der Waals surface area (Å²) in [5.41, 5.74) is 0. The molecule has 2 heteroatoms. The minimum absolute atomic E-state index is 0.685. The van der Waals surface area contributed by atoms with Crippen molar-refractivity contribution >= 4 is 10.8 Å². The third-order valence-corrected chi connectivity index (χ3v) is 1.78. The number of ether oxygens (including phenoxy) is 1. The van der Waals surface area contributed by atoms with Crippen molar-refractivity contribution in [1.82, 2.24) is 0 Å². The molecule has 0 N–H and O–H groups in total. The molecule has 0 amide bonds. The lowest BCUT2D eigenvalue weighted by Crippen LogP contribution is -1.90. The molecule has 0 bridgehead atoms. The second kappa shape index (κ2) is 2.89. The average molecular weight is 162 g/mol. The lowest BCUT2D eigenvalue weighted by Gasteiger charge is -2.02. The number of benzene rings is 1. The Kier molecular flexibility index (Phi) is 1.74. The quantitative estimate of drug-likeness (QED) is 0.677. The van der Waals surface area contributed by atoms with Crippen molar-refractivity contribution in [2.24, 2.45) is 0 Å². The van der Waals surface area contributed by atoms with E-state index < -0.39 is 0 Å². The number of rotatable bonds is 2. The van der Waals surface area contributed by atoms with E-state index in [1.807, 2.05) is 25.1 Å². The molecule has 1 aromatic carbocycles. The van der Waals surface area contributed by atoms with E-state index in [9.17, 15) is 0 Å². The summed E-state index contributed by atoms with van der Waals surface area (Å²) >= 11 is 0. The largest absolute Gasteiger partial charge is 0.493 e. The van der Waals surface area contributed by atoms with Crippen LogP contribution in [0.3, 0.4) is 0 Å². The number of furan rings is 1. The van der Waals surface area contributed by atoms with E-state index in [1.54, 1.807) is 12.5 Å². The molecule has 0 aliphatic carbocycles. The summed E-state index contributed by atoms with van der Waals surface area (Å²) in [4.78, 5) is 0. The fraction of sp³-hybridized carbons (Fsp3) is 0.200. The molecule has 0 saturated heterocycles. The van der Waals surface area contributed by atoms with Gasteiger partial charge in [0.2, 0.25) is 0 Å². The van der Waals surface area contributed by atoms with Crippen LogP contribution in [0, 0.1) is 0 Å². The van der Waals surface area contributed by atoms with Crippen molar-refractivity contribution in [1.29, 1.82) is 0 Å². The summed E-state index contributed by atoms with van der Waals surface area (Å²) in [5, 5.41) is 2.13. The zero-order valence-electron chi connectivity index (χ0n) is 6.91. The van der Waals surface area contributed by atoms with Gasteiger partial charge in [-0.15, -0.1) is 0 Å². The van der Waals surface area contributed by atoms with Gasteiger partial charge in [0, 0.05) is 5.39 Å². The number of hydrogen-bond acceptors (Lipinski definition) is 2. The van der Waals surface area contributed by atoms with E-state index in [0.29, 0.717) is 6.61 Å². The van der Waals surface area contributed by atoms with Gasteiger partial charge in [-0.25, -0.2) is 0 Å². The molecule has 1 heterocycles. The van der Waals surface area contributed by atoms with Crippen LogP contribution >= 0.6 is 0 Å². The molecule has 0 unspecified atom stereocenters. The second-order valence-electron chi connectivity index (χ2n) is 2.56. The SMILES string of the molecule is CCOc1cccc2cocc12. The van der Waals surface area contributed by atoms with E-state index in [4.69, 9.17) is 9.15 Å². The Morgan fingerprint density at radius 2 is 2.25 bits per heavy atom. The van der Waals surface area contributed by atoms with Gasteiger partial charge < -0.3 is 9.15 Å². The molecule has 0 spiro atoms. The van der Waals surface area contributed by atoms with Crippen molar-refractivity contribution in [3.63, 3.8) is 0 Å². The van der Waals surface area contributed by atoms with Crippen LogP contribution in [0.4, 0.5) is 0 Å². The van der Waals surface area contributed by atoms with Crippen LogP contribution in [0.5, 0.6) is 5.75 Å². The van der Waals surface area contributed by atoms with Crippen molar-refractivity contribution in [2.75, 3.05) is 6.61 Å². The predicted molar refractivity (Wildman–Crippen MR) is 47.4 cm³/mol. The lowest BCUT2D eigenvalue weighted by atomic mass is 10.2. The minimum atomic E-state index is 0.685. The van der Waals surface area contributed by atoms with E-state index in [2.05, 4.69) is 0 Å².